The summed E-state index contributed by atoms with van der Waals surface area (Å²) in [5.41, 5.74) is 1.08. The van der Waals surface area contributed by atoms with Crippen molar-refractivity contribution >= 4 is 16.5 Å². The second-order valence-electron chi connectivity index (χ2n) is 5.49. The van der Waals surface area contributed by atoms with Crippen molar-refractivity contribution in [1.29, 1.82) is 0 Å². The van der Waals surface area contributed by atoms with E-state index in [9.17, 15) is 5.11 Å². The van der Waals surface area contributed by atoms with Crippen LogP contribution in [-0.4, -0.2) is 24.4 Å². The fraction of sp³-hybridized carbons (Fsp3) is 0.412. The first-order chi connectivity index (χ1) is 9.79. The summed E-state index contributed by atoms with van der Waals surface area (Å²) >= 11 is 0. The van der Waals surface area contributed by atoms with Crippen LogP contribution in [0.15, 0.2) is 36.4 Å². The van der Waals surface area contributed by atoms with Crippen molar-refractivity contribution in [2.45, 2.75) is 37.8 Å². The van der Waals surface area contributed by atoms with E-state index >= 15 is 0 Å². The molecule has 3 nitrogen and oxygen atoms in total. The molecule has 0 spiro atoms. The molecule has 1 fully saturated rings. The average Bonchev–Trinajstić information content (AvgIpc) is 2.49. The molecule has 2 unspecified atom stereocenters. The molecule has 0 amide bonds. The number of nitrogens with one attached hydrogen (secondary N) is 1. The highest BCUT2D eigenvalue weighted by Gasteiger charge is 2.25. The number of hydrogen-bond donors (Lipinski definition) is 2. The molecule has 0 radical (unpaired) electrons. The Morgan fingerprint density at radius 3 is 2.65 bits per heavy atom. The standard InChI is InChI=1S/C17H21NO2/c1-20-17-11-3-2-8-15(17)18-14-9-4-7-13-12(14)6-5-10-16(13)19/h4-7,9-10,15,17-19H,2-3,8,11H2,1H3. The number of phenolic OH excluding ortho intramolecular Hbond substituents is 1. The van der Waals surface area contributed by atoms with Crippen LogP contribution in [0.25, 0.3) is 10.8 Å². The van der Waals surface area contributed by atoms with Gasteiger partial charge in [-0.05, 0) is 25.0 Å². The van der Waals surface area contributed by atoms with Crippen molar-refractivity contribution in [3.8, 4) is 5.75 Å². The van der Waals surface area contributed by atoms with E-state index < -0.39 is 0 Å². The van der Waals surface area contributed by atoms with Crippen LogP contribution < -0.4 is 5.32 Å². The highest BCUT2D eigenvalue weighted by Crippen LogP contribution is 2.32. The van der Waals surface area contributed by atoms with Crippen molar-refractivity contribution in [2.24, 2.45) is 0 Å². The number of ether oxygens (including phenoxy) is 1. The van der Waals surface area contributed by atoms with Gasteiger partial charge in [-0.15, -0.1) is 0 Å². The monoisotopic (exact) mass is 271 g/mol. The molecule has 106 valence electrons. The number of aromatic hydroxyl groups is 1. The molecular weight excluding hydrogens is 250 g/mol. The third-order valence-corrected chi connectivity index (χ3v) is 4.25. The number of anilines is 1. The number of rotatable bonds is 3. The molecule has 1 aliphatic carbocycles. The van der Waals surface area contributed by atoms with Crippen LogP contribution in [0.4, 0.5) is 5.69 Å². The van der Waals surface area contributed by atoms with E-state index in [4.69, 9.17) is 4.74 Å². The summed E-state index contributed by atoms with van der Waals surface area (Å²) in [4.78, 5) is 0. The fourth-order valence-corrected chi connectivity index (χ4v) is 3.16. The maximum Gasteiger partial charge on any atom is 0.123 e. The second kappa shape index (κ2) is 5.71. The summed E-state index contributed by atoms with van der Waals surface area (Å²) < 4.78 is 5.60. The van der Waals surface area contributed by atoms with Crippen LogP contribution in [-0.2, 0) is 4.74 Å². The van der Waals surface area contributed by atoms with Crippen molar-refractivity contribution in [3.63, 3.8) is 0 Å². The molecule has 0 aromatic heterocycles. The van der Waals surface area contributed by atoms with Gasteiger partial charge in [-0.25, -0.2) is 0 Å². The molecule has 0 heterocycles. The minimum atomic E-state index is 0.274. The maximum absolute atomic E-state index is 9.95. The van der Waals surface area contributed by atoms with Gasteiger partial charge in [0.15, 0.2) is 0 Å². The SMILES string of the molecule is COC1CCCCC1Nc1cccc2c(O)cccc12. The topological polar surface area (TPSA) is 41.5 Å². The lowest BCUT2D eigenvalue weighted by Crippen LogP contribution is -2.37. The minimum absolute atomic E-state index is 0.274. The number of benzene rings is 2. The zero-order valence-corrected chi connectivity index (χ0v) is 11.8. The summed E-state index contributed by atoms with van der Waals surface area (Å²) in [6, 6.07) is 12.0. The Labute approximate surface area is 119 Å². The van der Waals surface area contributed by atoms with Crippen LogP contribution in [0.5, 0.6) is 5.75 Å². The van der Waals surface area contributed by atoms with Gasteiger partial charge < -0.3 is 15.2 Å². The molecule has 2 aromatic rings. The van der Waals surface area contributed by atoms with Crippen molar-refractivity contribution in [3.05, 3.63) is 36.4 Å². The Morgan fingerprint density at radius 2 is 1.80 bits per heavy atom. The summed E-state index contributed by atoms with van der Waals surface area (Å²) in [6.07, 6.45) is 5.01. The molecule has 3 heteroatoms. The first-order valence-corrected chi connectivity index (χ1v) is 7.29. The number of fused-ring (bicyclic) bond motifs is 1. The van der Waals surface area contributed by atoms with Crippen molar-refractivity contribution in [1.82, 2.24) is 0 Å². The number of hydrogen-bond acceptors (Lipinski definition) is 3. The Hall–Kier alpha value is -1.74. The molecule has 20 heavy (non-hydrogen) atoms. The van der Waals surface area contributed by atoms with Crippen LogP contribution in [0.2, 0.25) is 0 Å². The zero-order chi connectivity index (χ0) is 13.9. The Morgan fingerprint density at radius 1 is 1.05 bits per heavy atom. The van der Waals surface area contributed by atoms with Gasteiger partial charge in [0.1, 0.15) is 5.75 Å². The van der Waals surface area contributed by atoms with E-state index in [0.717, 1.165) is 29.3 Å². The van der Waals surface area contributed by atoms with Crippen molar-refractivity contribution < 1.29 is 9.84 Å². The molecule has 0 bridgehead atoms. The van der Waals surface area contributed by atoms with E-state index in [0.29, 0.717) is 11.8 Å². The molecule has 0 saturated heterocycles. The quantitative estimate of drug-likeness (QED) is 0.889. The summed E-state index contributed by atoms with van der Waals surface area (Å²) in [6.45, 7) is 0. The lowest BCUT2D eigenvalue weighted by Gasteiger charge is -2.32. The second-order valence-corrected chi connectivity index (χ2v) is 5.49. The lowest BCUT2D eigenvalue weighted by molar-refractivity contribution is 0.0606. The van der Waals surface area contributed by atoms with Gasteiger partial charge in [0.2, 0.25) is 0 Å². The van der Waals surface area contributed by atoms with Crippen LogP contribution in [0.1, 0.15) is 25.7 Å². The van der Waals surface area contributed by atoms with Gasteiger partial charge in [-0.2, -0.15) is 0 Å². The predicted molar refractivity (Wildman–Crippen MR) is 82.3 cm³/mol. The van der Waals surface area contributed by atoms with Crippen LogP contribution in [0.3, 0.4) is 0 Å². The summed E-state index contributed by atoms with van der Waals surface area (Å²) in [7, 11) is 1.79. The van der Waals surface area contributed by atoms with E-state index in [-0.39, 0.29) is 6.10 Å². The average molecular weight is 271 g/mol. The molecule has 1 saturated carbocycles. The third kappa shape index (κ3) is 2.46. The summed E-state index contributed by atoms with van der Waals surface area (Å²) in [5.74, 6) is 0.332. The fourth-order valence-electron chi connectivity index (χ4n) is 3.16. The van der Waals surface area contributed by atoms with Gasteiger partial charge >= 0.3 is 0 Å². The molecule has 3 rings (SSSR count). The minimum Gasteiger partial charge on any atom is -0.507 e. The Balaban J connectivity index is 1.92. The normalized spacial score (nSPS) is 22.9. The van der Waals surface area contributed by atoms with Gasteiger partial charge in [0, 0.05) is 23.6 Å². The van der Waals surface area contributed by atoms with Gasteiger partial charge in [-0.1, -0.05) is 37.1 Å². The lowest BCUT2D eigenvalue weighted by atomic mass is 9.92. The summed E-state index contributed by atoms with van der Waals surface area (Å²) in [5, 5.41) is 15.5. The smallest absolute Gasteiger partial charge is 0.123 e. The van der Waals surface area contributed by atoms with Crippen molar-refractivity contribution in [2.75, 3.05) is 12.4 Å². The molecule has 1 aliphatic rings. The molecule has 2 aromatic carbocycles. The van der Waals surface area contributed by atoms with Gasteiger partial charge in [-0.3, -0.25) is 0 Å². The first kappa shape index (κ1) is 13.3. The van der Waals surface area contributed by atoms with Gasteiger partial charge in [0.05, 0.1) is 12.1 Å². The number of phenols is 1. The highest BCUT2D eigenvalue weighted by molar-refractivity contribution is 5.97. The Kier molecular flexibility index (Phi) is 3.79. The maximum atomic E-state index is 9.95. The highest BCUT2D eigenvalue weighted by atomic mass is 16.5. The predicted octanol–water partition coefficient (Wildman–Crippen LogP) is 3.91. The number of methoxy groups -OCH3 is 1. The van der Waals surface area contributed by atoms with E-state index in [1.54, 1.807) is 13.2 Å². The molecule has 0 aliphatic heterocycles. The van der Waals surface area contributed by atoms with E-state index in [2.05, 4.69) is 11.4 Å². The molecule has 2 N–H and O–H groups in total. The molecule has 2 atom stereocenters. The molecular formula is C17H21NO2. The first-order valence-electron chi connectivity index (χ1n) is 7.29. The van der Waals surface area contributed by atoms with Gasteiger partial charge in [0.25, 0.3) is 0 Å². The van der Waals surface area contributed by atoms with E-state index in [1.807, 2.05) is 24.3 Å². The van der Waals surface area contributed by atoms with E-state index in [1.165, 1.54) is 12.8 Å². The van der Waals surface area contributed by atoms with Crippen LogP contribution in [0, 0.1) is 0 Å². The largest absolute Gasteiger partial charge is 0.507 e. The Bertz CT molecular complexity index is 597. The third-order valence-electron chi connectivity index (χ3n) is 4.25. The zero-order valence-electron chi connectivity index (χ0n) is 11.8. The van der Waals surface area contributed by atoms with Crippen LogP contribution >= 0.6 is 0 Å².